The molecule has 0 rings (SSSR count). The van der Waals surface area contributed by atoms with Crippen LogP contribution in [0.2, 0.25) is 0 Å². The summed E-state index contributed by atoms with van der Waals surface area (Å²) in [5.74, 6) is -0.886. The first-order valence-electron chi connectivity index (χ1n) is 22.3. The summed E-state index contributed by atoms with van der Waals surface area (Å²) in [6.45, 7) is 6.56. The minimum atomic E-state index is -0.767. The maximum absolute atomic E-state index is 12.7. The first kappa shape index (κ1) is 49.9. The van der Waals surface area contributed by atoms with Crippen LogP contribution in [0.15, 0.2) is 24.3 Å². The fraction of sp³-hybridized carbons (Fsp3) is 0.848. The quantitative estimate of drug-likeness (QED) is 0.0270. The molecule has 1 atom stereocenters. The Kier molecular flexibility index (Phi) is 40.0. The molecule has 0 aromatic heterocycles. The summed E-state index contributed by atoms with van der Waals surface area (Å²) in [5.41, 5.74) is 0. The van der Waals surface area contributed by atoms with Gasteiger partial charge in [-0.2, -0.15) is 0 Å². The molecule has 0 aliphatic carbocycles. The van der Waals surface area contributed by atoms with E-state index in [9.17, 15) is 14.4 Å². The van der Waals surface area contributed by atoms with Crippen LogP contribution in [-0.2, 0) is 28.6 Å². The Morgan fingerprint density at radius 3 is 1.12 bits per heavy atom. The second kappa shape index (κ2) is 41.6. The van der Waals surface area contributed by atoms with Crippen molar-refractivity contribution in [3.05, 3.63) is 24.3 Å². The minimum absolute atomic E-state index is 0.0723. The van der Waals surface area contributed by atoms with Crippen LogP contribution in [0, 0.1) is 0 Å². The van der Waals surface area contributed by atoms with E-state index in [-0.39, 0.29) is 31.1 Å². The highest BCUT2D eigenvalue weighted by Crippen LogP contribution is 2.14. The molecule has 0 N–H and O–H groups in total. The number of allylic oxidation sites excluding steroid dienone is 4. The van der Waals surface area contributed by atoms with Crippen molar-refractivity contribution >= 4 is 17.9 Å². The van der Waals surface area contributed by atoms with Crippen LogP contribution >= 0.6 is 0 Å². The van der Waals surface area contributed by atoms with Gasteiger partial charge in [-0.05, 0) is 44.9 Å². The number of carbonyl (C=O) groups excluding carboxylic acids is 3. The van der Waals surface area contributed by atoms with Crippen LogP contribution in [0.3, 0.4) is 0 Å². The van der Waals surface area contributed by atoms with Crippen LogP contribution in [0.25, 0.3) is 0 Å². The van der Waals surface area contributed by atoms with Crippen LogP contribution in [0.5, 0.6) is 0 Å². The molecule has 6 heteroatoms. The van der Waals surface area contributed by atoms with Gasteiger partial charge in [0.1, 0.15) is 13.2 Å². The molecule has 0 heterocycles. The molecule has 0 aromatic rings. The third-order valence-corrected chi connectivity index (χ3v) is 9.71. The van der Waals surface area contributed by atoms with Crippen molar-refractivity contribution in [2.24, 2.45) is 0 Å². The van der Waals surface area contributed by atoms with Gasteiger partial charge in [0.2, 0.25) is 0 Å². The molecule has 0 aromatic carbocycles. The normalized spacial score (nSPS) is 12.1. The first-order valence-corrected chi connectivity index (χ1v) is 22.3. The number of carbonyl (C=O) groups is 3. The van der Waals surface area contributed by atoms with E-state index in [0.29, 0.717) is 19.3 Å². The summed E-state index contributed by atoms with van der Waals surface area (Å²) in [5, 5.41) is 0. The van der Waals surface area contributed by atoms with Crippen LogP contribution in [-0.4, -0.2) is 37.2 Å². The summed E-state index contributed by atoms with van der Waals surface area (Å²) in [6, 6.07) is 0. The highest BCUT2D eigenvalue weighted by molar-refractivity contribution is 5.71. The van der Waals surface area contributed by atoms with Gasteiger partial charge >= 0.3 is 17.9 Å². The lowest BCUT2D eigenvalue weighted by Crippen LogP contribution is -2.30. The molecular formula is C46H84O6. The number of hydrogen-bond donors (Lipinski definition) is 0. The number of esters is 3. The molecule has 0 amide bonds. The lowest BCUT2D eigenvalue weighted by Gasteiger charge is -2.18. The molecule has 0 unspecified atom stereocenters. The summed E-state index contributed by atoms with van der Waals surface area (Å²) in [7, 11) is 0. The van der Waals surface area contributed by atoms with Gasteiger partial charge in [0, 0.05) is 19.3 Å². The zero-order valence-electron chi connectivity index (χ0n) is 34.6. The zero-order valence-corrected chi connectivity index (χ0v) is 34.6. The largest absolute Gasteiger partial charge is 0.462 e. The van der Waals surface area contributed by atoms with Crippen LogP contribution in [0.4, 0.5) is 0 Å². The standard InChI is InChI=1S/C46H84O6/c1-4-7-10-13-16-19-21-22-23-25-27-30-33-36-39-45(48)51-42-43(41-50-44(47)38-35-32-29-26-18-15-12-9-6-3)52-46(49)40-37-34-31-28-24-20-17-14-11-8-5-2/h13,16,21-22,43H,4-12,14-15,17-20,23-42H2,1-3H3/b16-13-,22-21-/t43-/m1/s1. The Bertz CT molecular complexity index is 850. The van der Waals surface area contributed by atoms with Gasteiger partial charge in [0.25, 0.3) is 0 Å². The third-order valence-electron chi connectivity index (χ3n) is 9.71. The Morgan fingerprint density at radius 2 is 0.712 bits per heavy atom. The average Bonchev–Trinajstić information content (AvgIpc) is 3.14. The Labute approximate surface area is 322 Å². The Morgan fingerprint density at radius 1 is 0.385 bits per heavy atom. The van der Waals surface area contributed by atoms with E-state index in [0.717, 1.165) is 77.0 Å². The number of rotatable bonds is 40. The lowest BCUT2D eigenvalue weighted by molar-refractivity contribution is -0.167. The van der Waals surface area contributed by atoms with Gasteiger partial charge in [-0.3, -0.25) is 14.4 Å². The minimum Gasteiger partial charge on any atom is -0.462 e. The average molecular weight is 733 g/mol. The summed E-state index contributed by atoms with van der Waals surface area (Å²) in [6.07, 6.45) is 44.4. The van der Waals surface area contributed by atoms with Gasteiger partial charge in [0.05, 0.1) is 0 Å². The highest BCUT2D eigenvalue weighted by Gasteiger charge is 2.19. The molecule has 0 spiro atoms. The molecular weight excluding hydrogens is 648 g/mol. The van der Waals surface area contributed by atoms with Crippen molar-refractivity contribution in [1.29, 1.82) is 0 Å². The molecule has 0 aliphatic rings. The van der Waals surface area contributed by atoms with Crippen molar-refractivity contribution < 1.29 is 28.6 Å². The van der Waals surface area contributed by atoms with E-state index in [4.69, 9.17) is 14.2 Å². The highest BCUT2D eigenvalue weighted by atomic mass is 16.6. The van der Waals surface area contributed by atoms with Crippen molar-refractivity contribution in [1.82, 2.24) is 0 Å². The number of hydrogen-bond acceptors (Lipinski definition) is 6. The molecule has 6 nitrogen and oxygen atoms in total. The molecule has 0 bridgehead atoms. The maximum Gasteiger partial charge on any atom is 0.306 e. The van der Waals surface area contributed by atoms with Gasteiger partial charge in [-0.25, -0.2) is 0 Å². The predicted octanol–water partition coefficient (Wildman–Crippen LogP) is 14.0. The molecule has 0 saturated heterocycles. The monoisotopic (exact) mass is 733 g/mol. The van der Waals surface area contributed by atoms with E-state index in [1.54, 1.807) is 0 Å². The number of ether oxygens (including phenoxy) is 3. The molecule has 0 aliphatic heterocycles. The summed E-state index contributed by atoms with van der Waals surface area (Å²) < 4.78 is 16.7. The van der Waals surface area contributed by atoms with Crippen molar-refractivity contribution in [3.63, 3.8) is 0 Å². The molecule has 304 valence electrons. The molecule has 0 fully saturated rings. The third kappa shape index (κ3) is 39.1. The Balaban J connectivity index is 4.35. The van der Waals surface area contributed by atoms with Crippen molar-refractivity contribution in [2.75, 3.05) is 13.2 Å². The fourth-order valence-electron chi connectivity index (χ4n) is 6.28. The van der Waals surface area contributed by atoms with Crippen molar-refractivity contribution in [2.45, 2.75) is 239 Å². The number of unbranched alkanes of at least 4 members (excludes halogenated alkanes) is 25. The van der Waals surface area contributed by atoms with Gasteiger partial charge in [-0.15, -0.1) is 0 Å². The van der Waals surface area contributed by atoms with Gasteiger partial charge < -0.3 is 14.2 Å². The topological polar surface area (TPSA) is 78.9 Å². The van der Waals surface area contributed by atoms with Crippen LogP contribution in [0.1, 0.15) is 233 Å². The van der Waals surface area contributed by atoms with Gasteiger partial charge in [-0.1, -0.05) is 193 Å². The van der Waals surface area contributed by atoms with Crippen LogP contribution < -0.4 is 0 Å². The second-order valence-corrected chi connectivity index (χ2v) is 15.0. The van der Waals surface area contributed by atoms with Crippen molar-refractivity contribution in [3.8, 4) is 0 Å². The summed E-state index contributed by atoms with van der Waals surface area (Å²) >= 11 is 0. The Hall–Kier alpha value is -2.11. The molecule has 0 saturated carbocycles. The predicted molar refractivity (Wildman–Crippen MR) is 219 cm³/mol. The maximum atomic E-state index is 12.7. The molecule has 52 heavy (non-hydrogen) atoms. The summed E-state index contributed by atoms with van der Waals surface area (Å²) in [4.78, 5) is 37.6. The van der Waals surface area contributed by atoms with E-state index >= 15 is 0 Å². The smallest absolute Gasteiger partial charge is 0.306 e. The molecule has 0 radical (unpaired) electrons. The SMILES string of the molecule is CCCC/C=C\C/C=C\CCCCCCCC(=O)OC[C@@H](COC(=O)CCCCCCCCCCC)OC(=O)CCCCCCCCCCCCC. The van der Waals surface area contributed by atoms with E-state index in [1.807, 2.05) is 0 Å². The second-order valence-electron chi connectivity index (χ2n) is 15.0. The fourth-order valence-corrected chi connectivity index (χ4v) is 6.28. The van der Waals surface area contributed by atoms with Gasteiger partial charge in [0.15, 0.2) is 6.10 Å². The van der Waals surface area contributed by atoms with E-state index in [1.165, 1.54) is 116 Å². The first-order chi connectivity index (χ1) is 25.5. The van der Waals surface area contributed by atoms with E-state index < -0.39 is 6.10 Å². The zero-order chi connectivity index (χ0) is 38.0. The lowest BCUT2D eigenvalue weighted by atomic mass is 10.1. The van der Waals surface area contributed by atoms with E-state index in [2.05, 4.69) is 45.1 Å².